The van der Waals surface area contributed by atoms with E-state index in [9.17, 15) is 14.3 Å². The van der Waals surface area contributed by atoms with Gasteiger partial charge in [-0.25, -0.2) is 19.2 Å². The van der Waals surface area contributed by atoms with Crippen LogP contribution < -0.4 is 15.3 Å². The molecule has 0 bridgehead atoms. The molecule has 0 aliphatic carbocycles. The zero-order valence-electron chi connectivity index (χ0n) is 19.4. The van der Waals surface area contributed by atoms with Crippen molar-refractivity contribution in [1.82, 2.24) is 19.9 Å². The van der Waals surface area contributed by atoms with Crippen LogP contribution in [0.5, 0.6) is 11.8 Å². The molecule has 0 saturated carbocycles. The molecule has 1 N–H and O–H groups in total. The van der Waals surface area contributed by atoms with Crippen molar-refractivity contribution in [2.45, 2.75) is 19.9 Å². The highest BCUT2D eigenvalue weighted by atomic mass is 19.1. The second kappa shape index (κ2) is 8.26. The minimum absolute atomic E-state index is 0.0826. The molecule has 0 spiro atoms. The minimum atomic E-state index is -0.675. The van der Waals surface area contributed by atoms with Crippen molar-refractivity contribution in [1.29, 1.82) is 0 Å². The molecule has 0 radical (unpaired) electrons. The molecule has 2 aromatic carbocycles. The first-order valence-electron chi connectivity index (χ1n) is 11.3. The number of methoxy groups -OCH3 is 1. The fourth-order valence-electron chi connectivity index (χ4n) is 4.79. The molecule has 1 aliphatic heterocycles. The van der Waals surface area contributed by atoms with Crippen LogP contribution in [0.2, 0.25) is 0 Å². The molecular formula is C26H20FN5O4. The van der Waals surface area contributed by atoms with Crippen molar-refractivity contribution in [3.05, 3.63) is 75.9 Å². The van der Waals surface area contributed by atoms with Crippen molar-refractivity contribution in [2.24, 2.45) is 0 Å². The molecule has 0 atom stereocenters. The Labute approximate surface area is 203 Å². The maximum atomic E-state index is 14.9. The minimum Gasteiger partial charge on any atom is -0.508 e. The van der Waals surface area contributed by atoms with E-state index in [0.717, 1.165) is 11.3 Å². The summed E-state index contributed by atoms with van der Waals surface area (Å²) >= 11 is 0. The van der Waals surface area contributed by atoms with Crippen LogP contribution in [0.4, 0.5) is 10.2 Å². The number of phenolic OH excluding ortho intramolecular Hbond substituents is 1. The molecule has 9 nitrogen and oxygen atoms in total. The molecular weight excluding hydrogens is 465 g/mol. The van der Waals surface area contributed by atoms with Crippen LogP contribution in [0.3, 0.4) is 0 Å². The third kappa shape index (κ3) is 3.41. The maximum Gasteiger partial charge on any atom is 0.349 e. The van der Waals surface area contributed by atoms with Gasteiger partial charge in [0.1, 0.15) is 29.0 Å². The predicted molar refractivity (Wildman–Crippen MR) is 131 cm³/mol. The summed E-state index contributed by atoms with van der Waals surface area (Å²) in [7, 11) is 1.45. The van der Waals surface area contributed by atoms with Gasteiger partial charge in [-0.3, -0.25) is 0 Å². The Morgan fingerprint density at radius 1 is 1.19 bits per heavy atom. The highest BCUT2D eigenvalue weighted by Gasteiger charge is 2.26. The average Bonchev–Trinajstić information content (AvgIpc) is 2.89. The lowest BCUT2D eigenvalue weighted by molar-refractivity contribution is 0.381. The van der Waals surface area contributed by atoms with Gasteiger partial charge < -0.3 is 19.2 Å². The maximum absolute atomic E-state index is 14.9. The summed E-state index contributed by atoms with van der Waals surface area (Å²) in [5.41, 5.74) is 2.28. The lowest BCUT2D eigenvalue weighted by Gasteiger charge is -2.29. The van der Waals surface area contributed by atoms with Crippen LogP contribution in [-0.2, 0) is 13.0 Å². The van der Waals surface area contributed by atoms with Gasteiger partial charge in [-0.1, -0.05) is 12.1 Å². The van der Waals surface area contributed by atoms with E-state index in [0.29, 0.717) is 41.8 Å². The van der Waals surface area contributed by atoms with Crippen LogP contribution in [-0.4, -0.2) is 38.7 Å². The standard InChI is InChI=1S/C26H20FN5O4/c1-13-22-21(24(31-26(30-22)35-2)32-7-6-19-15(11-32)10-28-12-29-19)25(34)36-23(13)17-9-16(33)8-14-4-3-5-18(27)20(14)17/h3-5,8-10,12,33H,6-7,11H2,1-2H3. The van der Waals surface area contributed by atoms with Crippen LogP contribution in [0, 0.1) is 12.7 Å². The van der Waals surface area contributed by atoms with E-state index in [-0.39, 0.29) is 33.9 Å². The predicted octanol–water partition coefficient (Wildman–Crippen LogP) is 3.92. The summed E-state index contributed by atoms with van der Waals surface area (Å²) in [6.07, 6.45) is 3.93. The van der Waals surface area contributed by atoms with Crippen molar-refractivity contribution < 1.29 is 18.7 Å². The van der Waals surface area contributed by atoms with E-state index < -0.39 is 11.4 Å². The van der Waals surface area contributed by atoms with E-state index in [4.69, 9.17) is 9.15 Å². The molecule has 36 heavy (non-hydrogen) atoms. The number of aromatic hydroxyl groups is 1. The zero-order valence-corrected chi connectivity index (χ0v) is 19.4. The molecule has 0 amide bonds. The topological polar surface area (TPSA) is 114 Å². The Balaban J connectivity index is 1.61. The number of aryl methyl sites for hydroxylation is 1. The monoisotopic (exact) mass is 485 g/mol. The molecule has 0 unspecified atom stereocenters. The van der Waals surface area contributed by atoms with Gasteiger partial charge >= 0.3 is 11.6 Å². The van der Waals surface area contributed by atoms with Crippen LogP contribution in [0.25, 0.3) is 33.0 Å². The van der Waals surface area contributed by atoms with Gasteiger partial charge in [0.05, 0.1) is 18.3 Å². The van der Waals surface area contributed by atoms with Gasteiger partial charge in [0.2, 0.25) is 0 Å². The van der Waals surface area contributed by atoms with E-state index in [1.54, 1.807) is 25.3 Å². The Bertz CT molecular complexity index is 1740. The molecule has 0 saturated heterocycles. The van der Waals surface area contributed by atoms with E-state index >= 15 is 0 Å². The lowest BCUT2D eigenvalue weighted by Crippen LogP contribution is -2.32. The van der Waals surface area contributed by atoms with Crippen molar-refractivity contribution in [2.75, 3.05) is 18.6 Å². The number of phenols is 1. The van der Waals surface area contributed by atoms with Crippen molar-refractivity contribution >= 4 is 27.5 Å². The highest BCUT2D eigenvalue weighted by Crippen LogP contribution is 2.38. The Morgan fingerprint density at radius 3 is 2.89 bits per heavy atom. The Kier molecular flexibility index (Phi) is 5.03. The van der Waals surface area contributed by atoms with E-state index in [2.05, 4.69) is 19.9 Å². The number of rotatable bonds is 3. The first kappa shape index (κ1) is 21.9. The molecule has 1 aliphatic rings. The lowest BCUT2D eigenvalue weighted by atomic mass is 9.98. The molecule has 4 heterocycles. The van der Waals surface area contributed by atoms with Crippen molar-refractivity contribution in [3.63, 3.8) is 0 Å². The Hall–Kier alpha value is -4.60. The third-order valence-electron chi connectivity index (χ3n) is 6.46. The molecule has 10 heteroatoms. The summed E-state index contributed by atoms with van der Waals surface area (Å²) in [6, 6.07) is 7.46. The first-order chi connectivity index (χ1) is 17.4. The SMILES string of the molecule is COc1nc(N2CCc3ncncc3C2)c2c(=O)oc(-c3cc(O)cc4cccc(F)c34)c(C)c2n1. The summed E-state index contributed by atoms with van der Waals surface area (Å²) < 4.78 is 26.1. The Morgan fingerprint density at radius 2 is 2.06 bits per heavy atom. The number of nitrogens with zero attached hydrogens (tertiary/aromatic N) is 5. The average molecular weight is 485 g/mol. The van der Waals surface area contributed by atoms with Gasteiger partial charge in [-0.05, 0) is 30.5 Å². The first-order valence-corrected chi connectivity index (χ1v) is 11.3. The normalized spacial score (nSPS) is 13.2. The number of benzene rings is 2. The summed E-state index contributed by atoms with van der Waals surface area (Å²) in [4.78, 5) is 32.8. The third-order valence-corrected chi connectivity index (χ3v) is 6.46. The van der Waals surface area contributed by atoms with Gasteiger partial charge in [0.15, 0.2) is 5.82 Å². The van der Waals surface area contributed by atoms with E-state index in [1.807, 2.05) is 4.90 Å². The number of aromatic nitrogens is 4. The van der Waals surface area contributed by atoms with Crippen LogP contribution in [0.15, 0.2) is 52.1 Å². The quantitative estimate of drug-likeness (QED) is 0.406. The molecule has 180 valence electrons. The van der Waals surface area contributed by atoms with E-state index in [1.165, 1.54) is 31.6 Å². The van der Waals surface area contributed by atoms with Gasteiger partial charge in [-0.15, -0.1) is 0 Å². The second-order valence-corrected chi connectivity index (χ2v) is 8.60. The number of anilines is 1. The molecule has 3 aromatic heterocycles. The fourth-order valence-corrected chi connectivity index (χ4v) is 4.79. The molecule has 0 fully saturated rings. The van der Waals surface area contributed by atoms with Crippen LogP contribution in [0.1, 0.15) is 16.8 Å². The van der Waals surface area contributed by atoms with Crippen molar-refractivity contribution in [3.8, 4) is 23.1 Å². The van der Waals surface area contributed by atoms with Crippen LogP contribution >= 0.6 is 0 Å². The number of fused-ring (bicyclic) bond motifs is 3. The smallest absolute Gasteiger partial charge is 0.349 e. The summed E-state index contributed by atoms with van der Waals surface area (Å²) in [5.74, 6) is -0.0931. The fraction of sp³-hybridized carbons (Fsp3) is 0.192. The van der Waals surface area contributed by atoms with Gasteiger partial charge in [-0.2, -0.15) is 9.97 Å². The zero-order chi connectivity index (χ0) is 25.0. The van der Waals surface area contributed by atoms with Gasteiger partial charge in [0, 0.05) is 47.8 Å². The molecule has 5 aromatic rings. The van der Waals surface area contributed by atoms with Gasteiger partial charge in [0.25, 0.3) is 0 Å². The second-order valence-electron chi connectivity index (χ2n) is 8.60. The number of hydrogen-bond donors (Lipinski definition) is 1. The summed E-state index contributed by atoms with van der Waals surface area (Å²) in [6.45, 7) is 2.75. The highest BCUT2D eigenvalue weighted by molar-refractivity contribution is 6.00. The largest absolute Gasteiger partial charge is 0.508 e. The number of halogens is 1. The number of hydrogen-bond acceptors (Lipinski definition) is 9. The summed E-state index contributed by atoms with van der Waals surface area (Å²) in [5, 5.41) is 11.2. The molecule has 6 rings (SSSR count). The number of ether oxygens (including phenoxy) is 1.